The van der Waals surface area contributed by atoms with Gasteiger partial charge in [-0.3, -0.25) is 9.69 Å². The van der Waals surface area contributed by atoms with E-state index >= 15 is 0 Å². The SMILES string of the molecule is C[C@@H]1CN(C(=O)c2ccc3c(c2)nnn3C)C[C@@H]1N1CCOCC1. The topological polar surface area (TPSA) is 63.5 Å². The van der Waals surface area contributed by atoms with Crippen LogP contribution in [0, 0.1) is 5.92 Å². The van der Waals surface area contributed by atoms with Gasteiger partial charge < -0.3 is 9.64 Å². The summed E-state index contributed by atoms with van der Waals surface area (Å²) in [6.45, 7) is 7.34. The van der Waals surface area contributed by atoms with Crippen LogP contribution in [0.5, 0.6) is 0 Å². The lowest BCUT2D eigenvalue weighted by atomic mass is 10.0. The summed E-state index contributed by atoms with van der Waals surface area (Å²) in [6.07, 6.45) is 0. The van der Waals surface area contributed by atoms with Crippen molar-refractivity contribution in [1.82, 2.24) is 24.8 Å². The van der Waals surface area contributed by atoms with E-state index in [1.54, 1.807) is 4.68 Å². The van der Waals surface area contributed by atoms with Crippen LogP contribution >= 0.6 is 0 Å². The molecule has 0 N–H and O–H groups in total. The van der Waals surface area contributed by atoms with Crippen molar-refractivity contribution in [1.29, 1.82) is 0 Å². The number of benzene rings is 1. The highest BCUT2D eigenvalue weighted by Gasteiger charge is 2.36. The molecule has 128 valence electrons. The molecule has 1 amide bonds. The predicted octanol–water partition coefficient (Wildman–Crippen LogP) is 0.761. The third kappa shape index (κ3) is 2.67. The van der Waals surface area contributed by atoms with Crippen molar-refractivity contribution in [2.75, 3.05) is 39.4 Å². The maximum absolute atomic E-state index is 12.9. The van der Waals surface area contributed by atoms with Gasteiger partial charge in [-0.1, -0.05) is 12.1 Å². The van der Waals surface area contributed by atoms with E-state index < -0.39 is 0 Å². The van der Waals surface area contributed by atoms with E-state index in [1.807, 2.05) is 30.1 Å². The molecule has 1 aromatic carbocycles. The number of carbonyl (C=O) groups excluding carboxylic acids is 1. The van der Waals surface area contributed by atoms with Crippen LogP contribution < -0.4 is 0 Å². The van der Waals surface area contributed by atoms with E-state index in [1.165, 1.54) is 0 Å². The number of ether oxygens (including phenoxy) is 1. The molecule has 3 heterocycles. The summed E-state index contributed by atoms with van der Waals surface area (Å²) < 4.78 is 7.16. The highest BCUT2D eigenvalue weighted by atomic mass is 16.5. The Kier molecular flexibility index (Phi) is 3.97. The largest absolute Gasteiger partial charge is 0.379 e. The molecule has 0 unspecified atom stereocenters. The lowest BCUT2D eigenvalue weighted by molar-refractivity contribution is 0.0119. The lowest BCUT2D eigenvalue weighted by Gasteiger charge is -2.33. The summed E-state index contributed by atoms with van der Waals surface area (Å²) in [5.41, 5.74) is 2.39. The molecular formula is C17H23N5O2. The van der Waals surface area contributed by atoms with Crippen molar-refractivity contribution in [3.8, 4) is 0 Å². The number of fused-ring (bicyclic) bond motifs is 1. The zero-order valence-electron chi connectivity index (χ0n) is 14.2. The maximum Gasteiger partial charge on any atom is 0.253 e. The molecule has 2 atom stereocenters. The molecule has 2 aliphatic heterocycles. The van der Waals surface area contributed by atoms with Gasteiger partial charge in [0.05, 0.1) is 18.7 Å². The van der Waals surface area contributed by atoms with Gasteiger partial charge >= 0.3 is 0 Å². The van der Waals surface area contributed by atoms with Gasteiger partial charge in [-0.2, -0.15) is 0 Å². The zero-order chi connectivity index (χ0) is 16.7. The Morgan fingerprint density at radius 3 is 2.83 bits per heavy atom. The van der Waals surface area contributed by atoms with Gasteiger partial charge in [0.1, 0.15) is 5.52 Å². The van der Waals surface area contributed by atoms with Gasteiger partial charge in [0, 0.05) is 44.8 Å². The molecule has 24 heavy (non-hydrogen) atoms. The molecule has 4 rings (SSSR count). The van der Waals surface area contributed by atoms with Crippen molar-refractivity contribution in [3.63, 3.8) is 0 Å². The number of aromatic nitrogens is 3. The summed E-state index contributed by atoms with van der Waals surface area (Å²) in [5, 5.41) is 8.11. The van der Waals surface area contributed by atoms with E-state index in [0.29, 0.717) is 17.5 Å². The highest BCUT2D eigenvalue weighted by Crippen LogP contribution is 2.25. The number of amides is 1. The average Bonchev–Trinajstić information content (AvgIpc) is 3.18. The molecule has 0 aliphatic carbocycles. The summed E-state index contributed by atoms with van der Waals surface area (Å²) >= 11 is 0. The van der Waals surface area contributed by atoms with E-state index in [2.05, 4.69) is 22.1 Å². The van der Waals surface area contributed by atoms with Crippen molar-refractivity contribution in [3.05, 3.63) is 23.8 Å². The Bertz CT molecular complexity index is 753. The van der Waals surface area contributed by atoms with Crippen LogP contribution in [0.2, 0.25) is 0 Å². The fraction of sp³-hybridized carbons (Fsp3) is 0.588. The van der Waals surface area contributed by atoms with Gasteiger partial charge in [0.15, 0.2) is 0 Å². The number of nitrogens with zero attached hydrogens (tertiary/aromatic N) is 5. The molecule has 0 radical (unpaired) electrons. The summed E-state index contributed by atoms with van der Waals surface area (Å²) in [4.78, 5) is 17.3. The third-order valence-electron chi connectivity index (χ3n) is 5.23. The van der Waals surface area contributed by atoms with Crippen LogP contribution in [0.1, 0.15) is 17.3 Å². The molecule has 1 aromatic heterocycles. The molecule has 7 heteroatoms. The zero-order valence-corrected chi connectivity index (χ0v) is 14.2. The minimum absolute atomic E-state index is 0.0881. The van der Waals surface area contributed by atoms with Gasteiger partial charge in [-0.25, -0.2) is 4.68 Å². The lowest BCUT2D eigenvalue weighted by Crippen LogP contribution is -2.47. The van der Waals surface area contributed by atoms with Crippen molar-refractivity contribution >= 4 is 16.9 Å². The number of carbonyl (C=O) groups is 1. The van der Waals surface area contributed by atoms with Crippen LogP contribution in [-0.4, -0.2) is 76.1 Å². The van der Waals surface area contributed by atoms with Gasteiger partial charge in [0.25, 0.3) is 5.91 Å². The number of rotatable bonds is 2. The minimum atomic E-state index is 0.0881. The quantitative estimate of drug-likeness (QED) is 0.814. The number of morpholine rings is 1. The molecule has 2 aromatic rings. The molecule has 0 saturated carbocycles. The van der Waals surface area contributed by atoms with E-state index in [0.717, 1.165) is 50.4 Å². The van der Waals surface area contributed by atoms with E-state index in [4.69, 9.17) is 4.74 Å². The Labute approximate surface area is 141 Å². The number of hydrogen-bond acceptors (Lipinski definition) is 5. The van der Waals surface area contributed by atoms with Gasteiger partial charge in [-0.15, -0.1) is 5.10 Å². The van der Waals surface area contributed by atoms with Gasteiger partial charge in [-0.05, 0) is 24.1 Å². The minimum Gasteiger partial charge on any atom is -0.379 e. The first-order valence-corrected chi connectivity index (χ1v) is 8.54. The van der Waals surface area contributed by atoms with Crippen molar-refractivity contribution < 1.29 is 9.53 Å². The highest BCUT2D eigenvalue weighted by molar-refractivity contribution is 5.97. The monoisotopic (exact) mass is 329 g/mol. The fourth-order valence-electron chi connectivity index (χ4n) is 3.86. The van der Waals surface area contributed by atoms with E-state index in [-0.39, 0.29) is 5.91 Å². The van der Waals surface area contributed by atoms with Gasteiger partial charge in [0.2, 0.25) is 0 Å². The normalized spacial score (nSPS) is 25.5. The molecule has 2 saturated heterocycles. The number of aryl methyl sites for hydroxylation is 1. The maximum atomic E-state index is 12.9. The molecule has 2 aliphatic rings. The summed E-state index contributed by atoms with van der Waals surface area (Å²) in [6, 6.07) is 6.07. The van der Waals surface area contributed by atoms with Crippen LogP contribution in [0.15, 0.2) is 18.2 Å². The summed E-state index contributed by atoms with van der Waals surface area (Å²) in [7, 11) is 1.85. The van der Waals surface area contributed by atoms with Crippen LogP contribution in [0.4, 0.5) is 0 Å². The summed E-state index contributed by atoms with van der Waals surface area (Å²) in [5.74, 6) is 0.567. The van der Waals surface area contributed by atoms with Crippen molar-refractivity contribution in [2.45, 2.75) is 13.0 Å². The second-order valence-corrected chi connectivity index (χ2v) is 6.82. The third-order valence-corrected chi connectivity index (χ3v) is 5.23. The smallest absolute Gasteiger partial charge is 0.253 e. The molecule has 2 fully saturated rings. The second-order valence-electron chi connectivity index (χ2n) is 6.82. The standard InChI is InChI=1S/C17H23N5O2/c1-12-10-22(11-16(12)21-5-7-24-8-6-21)17(23)13-3-4-15-14(9-13)18-19-20(15)2/h3-4,9,12,16H,5-8,10-11H2,1-2H3/t12-,16+/m1/s1. The number of hydrogen-bond donors (Lipinski definition) is 0. The first-order valence-electron chi connectivity index (χ1n) is 8.54. The Balaban J connectivity index is 1.51. The Morgan fingerprint density at radius 2 is 2.04 bits per heavy atom. The van der Waals surface area contributed by atoms with E-state index in [9.17, 15) is 4.79 Å². The molecule has 0 bridgehead atoms. The van der Waals surface area contributed by atoms with Crippen molar-refractivity contribution in [2.24, 2.45) is 13.0 Å². The van der Waals surface area contributed by atoms with Crippen LogP contribution in [0.3, 0.4) is 0 Å². The van der Waals surface area contributed by atoms with Crippen LogP contribution in [0.25, 0.3) is 11.0 Å². The Morgan fingerprint density at radius 1 is 1.25 bits per heavy atom. The first kappa shape index (κ1) is 15.5. The van der Waals surface area contributed by atoms with Crippen LogP contribution in [-0.2, 0) is 11.8 Å². The fourth-order valence-corrected chi connectivity index (χ4v) is 3.86. The number of likely N-dealkylation sites (tertiary alicyclic amines) is 1. The average molecular weight is 329 g/mol. The predicted molar refractivity (Wildman–Crippen MR) is 89.8 cm³/mol. The second kappa shape index (κ2) is 6.14. The molecule has 7 nitrogen and oxygen atoms in total. The molecular weight excluding hydrogens is 306 g/mol. The first-order chi connectivity index (χ1) is 11.6. The Hall–Kier alpha value is -1.99. The molecule has 0 spiro atoms.